The average molecular weight is 439 g/mol. The molecule has 2 aromatic heterocycles. The molecule has 0 N–H and O–H groups in total. The number of aromatic nitrogens is 3. The molecule has 0 amide bonds. The molecule has 3 aromatic rings. The Morgan fingerprint density at radius 2 is 1.90 bits per heavy atom. The van der Waals surface area contributed by atoms with Crippen molar-refractivity contribution >= 4 is 10.0 Å². The summed E-state index contributed by atoms with van der Waals surface area (Å²) in [6.45, 7) is 8.93. The molecule has 1 aliphatic rings. The highest BCUT2D eigenvalue weighted by Crippen LogP contribution is 2.37. The molecule has 0 saturated carbocycles. The number of sulfonamides is 1. The van der Waals surface area contributed by atoms with E-state index in [1.807, 2.05) is 13.8 Å². The molecule has 0 aliphatic carbocycles. The van der Waals surface area contributed by atoms with Crippen molar-refractivity contribution in [3.05, 3.63) is 76.4 Å². The van der Waals surface area contributed by atoms with Gasteiger partial charge in [-0.2, -0.15) is 9.40 Å². The zero-order valence-electron chi connectivity index (χ0n) is 18.7. The fourth-order valence-electron chi connectivity index (χ4n) is 4.46. The molecule has 3 heterocycles. The van der Waals surface area contributed by atoms with Crippen LogP contribution in [-0.2, 0) is 23.0 Å². The third-order valence-corrected chi connectivity index (χ3v) is 7.89. The molecular weight excluding hydrogens is 408 g/mol. The number of benzene rings is 1. The molecule has 7 heteroatoms. The second-order valence-corrected chi connectivity index (χ2v) is 10.3. The molecule has 1 saturated heterocycles. The lowest BCUT2D eigenvalue weighted by atomic mass is 10.0. The van der Waals surface area contributed by atoms with Crippen molar-refractivity contribution in [3.8, 4) is 0 Å². The molecule has 0 spiro atoms. The molecule has 1 unspecified atom stereocenters. The van der Waals surface area contributed by atoms with Gasteiger partial charge in [0.1, 0.15) is 4.90 Å². The third kappa shape index (κ3) is 4.43. The summed E-state index contributed by atoms with van der Waals surface area (Å²) in [7, 11) is -3.64. The van der Waals surface area contributed by atoms with E-state index in [1.54, 1.807) is 22.1 Å². The van der Waals surface area contributed by atoms with Crippen LogP contribution in [-0.4, -0.2) is 34.0 Å². The van der Waals surface area contributed by atoms with Crippen LogP contribution in [0.15, 0.2) is 47.5 Å². The van der Waals surface area contributed by atoms with Crippen molar-refractivity contribution < 1.29 is 8.42 Å². The smallest absolute Gasteiger partial charge is 0.247 e. The van der Waals surface area contributed by atoms with Gasteiger partial charge in [-0.25, -0.2) is 8.42 Å². The molecule has 4 rings (SSSR count). The number of aryl methyl sites for hydroxylation is 4. The summed E-state index contributed by atoms with van der Waals surface area (Å²) in [5.41, 5.74) is 5.94. The van der Waals surface area contributed by atoms with Gasteiger partial charge < -0.3 is 0 Å². The second-order valence-electron chi connectivity index (χ2n) is 8.42. The summed E-state index contributed by atoms with van der Waals surface area (Å²) in [5, 5.41) is 4.34. The summed E-state index contributed by atoms with van der Waals surface area (Å²) in [4.78, 5) is 5.05. The maximum Gasteiger partial charge on any atom is 0.247 e. The zero-order chi connectivity index (χ0) is 22.2. The van der Waals surface area contributed by atoms with Crippen LogP contribution in [0.3, 0.4) is 0 Å². The van der Waals surface area contributed by atoms with Crippen molar-refractivity contribution in [2.75, 3.05) is 6.54 Å². The van der Waals surface area contributed by atoms with Crippen molar-refractivity contribution in [2.45, 2.75) is 64.4 Å². The molecule has 1 aliphatic heterocycles. The van der Waals surface area contributed by atoms with E-state index in [0.717, 1.165) is 36.2 Å². The fraction of sp³-hybridized carbons (Fsp3) is 0.417. The Kier molecular flexibility index (Phi) is 5.99. The van der Waals surface area contributed by atoms with Gasteiger partial charge in [-0.3, -0.25) is 9.67 Å². The molecule has 1 aromatic carbocycles. The zero-order valence-corrected chi connectivity index (χ0v) is 19.5. The number of hydrogen-bond acceptors (Lipinski definition) is 4. The Morgan fingerprint density at radius 3 is 2.61 bits per heavy atom. The summed E-state index contributed by atoms with van der Waals surface area (Å²) in [6, 6.07) is 12.4. The van der Waals surface area contributed by atoms with Crippen LogP contribution in [0.5, 0.6) is 0 Å². The lowest BCUT2D eigenvalue weighted by Crippen LogP contribution is -2.31. The molecule has 6 nitrogen and oxygen atoms in total. The monoisotopic (exact) mass is 438 g/mol. The SMILES string of the molecule is CCn1cc(S(=O)(=O)N2CCCC2c2cc(Cc3cccc(C)c3)cc(C)n2)c(C)n1. The van der Waals surface area contributed by atoms with Crippen molar-refractivity contribution in [3.63, 3.8) is 0 Å². The third-order valence-electron chi connectivity index (χ3n) is 5.88. The summed E-state index contributed by atoms with van der Waals surface area (Å²) >= 11 is 0. The average Bonchev–Trinajstić information content (AvgIpc) is 3.35. The first kappa shape index (κ1) is 21.7. The molecular formula is C24H30N4O2S. The van der Waals surface area contributed by atoms with Crippen LogP contribution >= 0.6 is 0 Å². The topological polar surface area (TPSA) is 68.1 Å². The molecule has 1 atom stereocenters. The Bertz CT molecular complexity index is 1200. The van der Waals surface area contributed by atoms with E-state index in [1.165, 1.54) is 11.1 Å². The number of hydrogen-bond donors (Lipinski definition) is 0. The van der Waals surface area contributed by atoms with Gasteiger partial charge in [-0.05, 0) is 70.2 Å². The fourth-order valence-corrected chi connectivity index (χ4v) is 6.30. The predicted octanol–water partition coefficient (Wildman–Crippen LogP) is 4.34. The lowest BCUT2D eigenvalue weighted by Gasteiger charge is -2.24. The summed E-state index contributed by atoms with van der Waals surface area (Å²) in [6.07, 6.45) is 4.06. The van der Waals surface area contributed by atoms with E-state index < -0.39 is 10.0 Å². The van der Waals surface area contributed by atoms with Gasteiger partial charge >= 0.3 is 0 Å². The maximum absolute atomic E-state index is 13.5. The molecule has 31 heavy (non-hydrogen) atoms. The van der Waals surface area contributed by atoms with Crippen LogP contribution in [0.1, 0.15) is 59.6 Å². The number of nitrogens with zero attached hydrogens (tertiary/aromatic N) is 4. The van der Waals surface area contributed by atoms with Crippen molar-refractivity contribution in [1.82, 2.24) is 19.1 Å². The van der Waals surface area contributed by atoms with Gasteiger partial charge in [0.15, 0.2) is 0 Å². The normalized spacial score (nSPS) is 17.4. The highest BCUT2D eigenvalue weighted by molar-refractivity contribution is 7.89. The molecule has 164 valence electrons. The largest absolute Gasteiger partial charge is 0.271 e. The van der Waals surface area contributed by atoms with Crippen LogP contribution < -0.4 is 0 Å². The first-order chi connectivity index (χ1) is 14.8. The quantitative estimate of drug-likeness (QED) is 0.574. The highest BCUT2D eigenvalue weighted by Gasteiger charge is 2.38. The van der Waals surface area contributed by atoms with Crippen molar-refractivity contribution in [1.29, 1.82) is 0 Å². The van der Waals surface area contributed by atoms with E-state index >= 15 is 0 Å². The number of pyridine rings is 1. The van der Waals surface area contributed by atoms with E-state index in [-0.39, 0.29) is 6.04 Å². The van der Waals surface area contributed by atoms with Gasteiger partial charge in [-0.15, -0.1) is 0 Å². The molecule has 0 bridgehead atoms. The maximum atomic E-state index is 13.5. The van der Waals surface area contributed by atoms with E-state index in [2.05, 4.69) is 48.4 Å². The van der Waals surface area contributed by atoms with E-state index in [9.17, 15) is 8.42 Å². The predicted molar refractivity (Wildman–Crippen MR) is 121 cm³/mol. The molecule has 1 fully saturated rings. The lowest BCUT2D eigenvalue weighted by molar-refractivity contribution is 0.389. The van der Waals surface area contributed by atoms with Crippen LogP contribution in [0.25, 0.3) is 0 Å². The standard InChI is InChI=1S/C24H30N4O2S/c1-5-27-16-24(19(4)26-27)31(29,30)28-11-7-10-23(28)22-15-21(13-18(3)25-22)14-20-9-6-8-17(2)12-20/h6,8-9,12-13,15-16,23H,5,7,10-11,14H2,1-4H3. The minimum atomic E-state index is -3.64. The second kappa shape index (κ2) is 8.55. The van der Waals surface area contributed by atoms with Crippen LogP contribution in [0.4, 0.5) is 0 Å². The van der Waals surface area contributed by atoms with Gasteiger partial charge in [0.2, 0.25) is 10.0 Å². The van der Waals surface area contributed by atoms with Crippen molar-refractivity contribution in [2.24, 2.45) is 0 Å². The molecule has 0 radical (unpaired) electrons. The summed E-state index contributed by atoms with van der Waals surface area (Å²) in [5.74, 6) is 0. The minimum absolute atomic E-state index is 0.245. The van der Waals surface area contributed by atoms with Gasteiger partial charge in [-0.1, -0.05) is 29.8 Å². The van der Waals surface area contributed by atoms with Gasteiger partial charge in [0.25, 0.3) is 0 Å². The Balaban J connectivity index is 1.67. The number of rotatable bonds is 6. The first-order valence-electron chi connectivity index (χ1n) is 10.9. The van der Waals surface area contributed by atoms with Crippen LogP contribution in [0.2, 0.25) is 0 Å². The van der Waals surface area contributed by atoms with Crippen LogP contribution in [0, 0.1) is 20.8 Å². The van der Waals surface area contributed by atoms with Gasteiger partial charge in [0.05, 0.1) is 17.4 Å². The summed E-state index contributed by atoms with van der Waals surface area (Å²) < 4.78 is 30.3. The van der Waals surface area contributed by atoms with E-state index in [0.29, 0.717) is 23.7 Å². The minimum Gasteiger partial charge on any atom is -0.271 e. The Hall–Kier alpha value is -2.51. The van der Waals surface area contributed by atoms with E-state index in [4.69, 9.17) is 4.98 Å². The van der Waals surface area contributed by atoms with Gasteiger partial charge in [0, 0.05) is 25.0 Å². The Morgan fingerprint density at radius 1 is 1.10 bits per heavy atom. The first-order valence-corrected chi connectivity index (χ1v) is 12.3. The Labute approximate surface area is 185 Å². The highest BCUT2D eigenvalue weighted by atomic mass is 32.2.